The summed E-state index contributed by atoms with van der Waals surface area (Å²) in [6.07, 6.45) is 1.95. The molecule has 3 rings (SSSR count). The number of carbonyl (C=O) groups is 2. The quantitative estimate of drug-likeness (QED) is 0.652. The number of amides is 2. The maximum Gasteiger partial charge on any atom is 0.256 e. The molecule has 126 valence electrons. The average Bonchev–Trinajstić information content (AvgIpc) is 3.06. The number of thioether (sulfide) groups is 1. The highest BCUT2D eigenvalue weighted by atomic mass is 32.2. The van der Waals surface area contributed by atoms with E-state index in [1.807, 2.05) is 54.8 Å². The Morgan fingerprint density at radius 1 is 1.04 bits per heavy atom. The van der Waals surface area contributed by atoms with E-state index in [1.54, 1.807) is 23.9 Å². The molecule has 0 fully saturated rings. The first-order valence-corrected chi connectivity index (χ1v) is 9.57. The number of nitrogens with one attached hydrogen (secondary N) is 1. The van der Waals surface area contributed by atoms with E-state index < -0.39 is 5.91 Å². The van der Waals surface area contributed by atoms with Crippen molar-refractivity contribution < 1.29 is 9.59 Å². The highest BCUT2D eigenvalue weighted by Crippen LogP contribution is 2.35. The van der Waals surface area contributed by atoms with Crippen molar-refractivity contribution in [1.82, 2.24) is 0 Å². The Balaban J connectivity index is 1.92. The molecule has 6 heteroatoms. The third kappa shape index (κ3) is 3.92. The molecule has 2 aromatic carbocycles. The monoisotopic (exact) mass is 368 g/mol. The van der Waals surface area contributed by atoms with E-state index in [2.05, 4.69) is 5.32 Å². The van der Waals surface area contributed by atoms with E-state index in [0.717, 1.165) is 15.3 Å². The summed E-state index contributed by atoms with van der Waals surface area (Å²) in [5.41, 5.74) is 7.31. The van der Waals surface area contributed by atoms with Crippen molar-refractivity contribution in [2.75, 3.05) is 11.6 Å². The summed E-state index contributed by atoms with van der Waals surface area (Å²) in [5.74, 6) is -0.827. The number of benzene rings is 2. The van der Waals surface area contributed by atoms with Crippen LogP contribution in [0.15, 0.2) is 65.6 Å². The zero-order chi connectivity index (χ0) is 17.8. The fourth-order valence-electron chi connectivity index (χ4n) is 2.35. The predicted octanol–water partition coefficient (Wildman–Crippen LogP) is 4.49. The Morgan fingerprint density at radius 2 is 1.80 bits per heavy atom. The summed E-state index contributed by atoms with van der Waals surface area (Å²) in [5, 5.41) is 3.28. The van der Waals surface area contributed by atoms with Crippen molar-refractivity contribution in [3.05, 3.63) is 71.8 Å². The Morgan fingerprint density at radius 3 is 2.48 bits per heavy atom. The molecular weight excluding hydrogens is 352 g/mol. The van der Waals surface area contributed by atoms with Crippen LogP contribution in [-0.4, -0.2) is 18.1 Å². The van der Waals surface area contributed by atoms with Gasteiger partial charge in [0.2, 0.25) is 0 Å². The first-order chi connectivity index (χ1) is 12.1. The summed E-state index contributed by atoms with van der Waals surface area (Å²) in [6.45, 7) is 0. The summed E-state index contributed by atoms with van der Waals surface area (Å²) in [6, 6.07) is 18.7. The first kappa shape index (κ1) is 17.3. The Kier molecular flexibility index (Phi) is 5.21. The van der Waals surface area contributed by atoms with Gasteiger partial charge in [-0.2, -0.15) is 0 Å². The van der Waals surface area contributed by atoms with Crippen molar-refractivity contribution >= 4 is 39.9 Å². The summed E-state index contributed by atoms with van der Waals surface area (Å²) < 4.78 is 0. The van der Waals surface area contributed by atoms with E-state index >= 15 is 0 Å². The highest BCUT2D eigenvalue weighted by Gasteiger charge is 2.17. The zero-order valence-electron chi connectivity index (χ0n) is 13.5. The molecule has 0 aliphatic carbocycles. The van der Waals surface area contributed by atoms with Crippen LogP contribution in [0.1, 0.15) is 20.7 Å². The van der Waals surface area contributed by atoms with Crippen molar-refractivity contribution in [3.8, 4) is 10.4 Å². The zero-order valence-corrected chi connectivity index (χ0v) is 15.1. The van der Waals surface area contributed by atoms with Gasteiger partial charge < -0.3 is 11.1 Å². The van der Waals surface area contributed by atoms with Gasteiger partial charge in [-0.05, 0) is 36.1 Å². The number of rotatable bonds is 5. The highest BCUT2D eigenvalue weighted by molar-refractivity contribution is 7.98. The lowest BCUT2D eigenvalue weighted by atomic mass is 10.1. The van der Waals surface area contributed by atoms with Crippen LogP contribution in [0, 0.1) is 0 Å². The minimum atomic E-state index is -0.563. The van der Waals surface area contributed by atoms with Gasteiger partial charge in [-0.1, -0.05) is 36.4 Å². The van der Waals surface area contributed by atoms with Crippen LogP contribution in [-0.2, 0) is 0 Å². The molecule has 0 saturated carbocycles. The second-order valence-corrected chi connectivity index (χ2v) is 7.20. The number of anilines is 1. The molecule has 0 unspecified atom stereocenters. The maximum atomic E-state index is 12.5. The molecule has 2 amide bonds. The number of thiophene rings is 1. The fourth-order valence-corrected chi connectivity index (χ4v) is 3.87. The van der Waals surface area contributed by atoms with Crippen LogP contribution in [0.25, 0.3) is 10.4 Å². The normalized spacial score (nSPS) is 10.4. The molecule has 1 heterocycles. The van der Waals surface area contributed by atoms with Gasteiger partial charge in [0.25, 0.3) is 11.8 Å². The molecule has 0 saturated heterocycles. The van der Waals surface area contributed by atoms with E-state index in [-0.39, 0.29) is 5.91 Å². The van der Waals surface area contributed by atoms with Gasteiger partial charge in [-0.3, -0.25) is 9.59 Å². The number of carbonyl (C=O) groups excluding carboxylic acids is 2. The smallest absolute Gasteiger partial charge is 0.256 e. The third-order valence-electron chi connectivity index (χ3n) is 3.61. The fraction of sp³-hybridized carbons (Fsp3) is 0.0526. The molecular formula is C19H16N2O2S2. The van der Waals surface area contributed by atoms with E-state index in [4.69, 9.17) is 5.73 Å². The predicted molar refractivity (Wildman–Crippen MR) is 104 cm³/mol. The minimum Gasteiger partial charge on any atom is -0.366 e. The summed E-state index contributed by atoms with van der Waals surface area (Å²) >= 11 is 2.90. The molecule has 0 atom stereocenters. The van der Waals surface area contributed by atoms with Gasteiger partial charge in [0.05, 0.1) is 5.56 Å². The number of nitrogens with two attached hydrogens (primary N) is 1. The lowest BCUT2D eigenvalue weighted by molar-refractivity contribution is 0.100. The van der Waals surface area contributed by atoms with Crippen LogP contribution < -0.4 is 11.1 Å². The van der Waals surface area contributed by atoms with Gasteiger partial charge in [0.1, 0.15) is 5.00 Å². The number of hydrogen-bond acceptors (Lipinski definition) is 4. The lowest BCUT2D eigenvalue weighted by Gasteiger charge is -2.05. The average molecular weight is 368 g/mol. The van der Waals surface area contributed by atoms with Crippen LogP contribution >= 0.6 is 23.1 Å². The topological polar surface area (TPSA) is 72.2 Å². The summed E-state index contributed by atoms with van der Waals surface area (Å²) in [4.78, 5) is 26.2. The SMILES string of the molecule is CSc1cccc(C(=O)Nc2sc(-c3ccccc3)cc2C(N)=O)c1. The maximum absolute atomic E-state index is 12.5. The van der Waals surface area contributed by atoms with Gasteiger partial charge in [-0.15, -0.1) is 23.1 Å². The van der Waals surface area contributed by atoms with Crippen molar-refractivity contribution in [2.24, 2.45) is 5.73 Å². The first-order valence-electron chi connectivity index (χ1n) is 7.53. The molecule has 0 aliphatic rings. The Bertz CT molecular complexity index is 920. The lowest BCUT2D eigenvalue weighted by Crippen LogP contribution is -2.16. The molecule has 3 N–H and O–H groups in total. The largest absolute Gasteiger partial charge is 0.366 e. The Hall–Kier alpha value is -2.57. The standard InChI is InChI=1S/C19H16N2O2S2/c1-24-14-9-5-8-13(10-14)18(23)21-19-15(17(20)22)11-16(25-19)12-6-3-2-4-7-12/h2-11H,1H3,(H2,20,22)(H,21,23). The summed E-state index contributed by atoms with van der Waals surface area (Å²) in [7, 11) is 0. The van der Waals surface area contributed by atoms with Crippen LogP contribution in [0.4, 0.5) is 5.00 Å². The minimum absolute atomic E-state index is 0.264. The van der Waals surface area contributed by atoms with Gasteiger partial charge in [0, 0.05) is 15.3 Å². The van der Waals surface area contributed by atoms with E-state index in [9.17, 15) is 9.59 Å². The number of hydrogen-bond donors (Lipinski definition) is 2. The third-order valence-corrected chi connectivity index (χ3v) is 5.44. The van der Waals surface area contributed by atoms with Gasteiger partial charge in [-0.25, -0.2) is 0 Å². The molecule has 0 spiro atoms. The molecule has 0 aliphatic heterocycles. The van der Waals surface area contributed by atoms with Crippen molar-refractivity contribution in [1.29, 1.82) is 0 Å². The molecule has 1 aromatic heterocycles. The van der Waals surface area contributed by atoms with Crippen LogP contribution in [0.5, 0.6) is 0 Å². The number of primary amides is 1. The molecule has 25 heavy (non-hydrogen) atoms. The van der Waals surface area contributed by atoms with Crippen LogP contribution in [0.3, 0.4) is 0 Å². The molecule has 3 aromatic rings. The van der Waals surface area contributed by atoms with Gasteiger partial charge in [0.15, 0.2) is 0 Å². The van der Waals surface area contributed by atoms with E-state index in [1.165, 1.54) is 11.3 Å². The Labute approximate surface area is 154 Å². The van der Waals surface area contributed by atoms with Gasteiger partial charge >= 0.3 is 0 Å². The molecule has 0 radical (unpaired) electrons. The van der Waals surface area contributed by atoms with Crippen molar-refractivity contribution in [2.45, 2.75) is 4.90 Å². The second kappa shape index (κ2) is 7.55. The van der Waals surface area contributed by atoms with Crippen molar-refractivity contribution in [3.63, 3.8) is 0 Å². The van der Waals surface area contributed by atoms with E-state index in [0.29, 0.717) is 16.1 Å². The molecule has 4 nitrogen and oxygen atoms in total. The molecule has 0 bridgehead atoms. The second-order valence-electron chi connectivity index (χ2n) is 5.27. The van der Waals surface area contributed by atoms with Crippen LogP contribution in [0.2, 0.25) is 0 Å².